The van der Waals surface area contributed by atoms with Crippen molar-refractivity contribution in [3.8, 4) is 0 Å². The average molecular weight is 682 g/mol. The molecule has 1 aliphatic heterocycles. The Morgan fingerprint density at radius 1 is 0.729 bits per heavy atom. The number of hydrogen-bond acceptors (Lipinski definition) is 9. The van der Waals surface area contributed by atoms with Gasteiger partial charge in [-0.25, -0.2) is 0 Å². The number of hydrogen-bond donors (Lipinski definition) is 7. The van der Waals surface area contributed by atoms with Crippen LogP contribution < -0.4 is 5.32 Å². The van der Waals surface area contributed by atoms with Gasteiger partial charge in [0.05, 0.1) is 25.4 Å². The number of carbonyl (C=O) groups is 1. The van der Waals surface area contributed by atoms with Crippen LogP contribution in [0.1, 0.15) is 123 Å². The van der Waals surface area contributed by atoms with Crippen molar-refractivity contribution in [3.05, 3.63) is 48.6 Å². The number of rotatable bonds is 28. The Morgan fingerprint density at radius 3 is 1.94 bits per heavy atom. The third-order valence-electron chi connectivity index (χ3n) is 8.49. The lowest BCUT2D eigenvalue weighted by atomic mass is 9.99. The number of aliphatic hydroxyl groups excluding tert-OH is 6. The molecular formula is C38H67NO9. The number of allylic oxidation sites excluding steroid dienone is 6. The molecule has 7 N–H and O–H groups in total. The molecule has 48 heavy (non-hydrogen) atoms. The van der Waals surface area contributed by atoms with E-state index in [2.05, 4.69) is 43.5 Å². The van der Waals surface area contributed by atoms with Crippen molar-refractivity contribution in [1.82, 2.24) is 5.32 Å². The van der Waals surface area contributed by atoms with Crippen LogP contribution in [0.5, 0.6) is 0 Å². The molecule has 0 saturated carbocycles. The molecule has 0 spiro atoms. The molecule has 1 fully saturated rings. The van der Waals surface area contributed by atoms with Crippen LogP contribution in [0.15, 0.2) is 48.6 Å². The van der Waals surface area contributed by atoms with Crippen LogP contribution in [0.4, 0.5) is 0 Å². The molecule has 0 aromatic rings. The zero-order chi connectivity index (χ0) is 35.4. The van der Waals surface area contributed by atoms with Crippen molar-refractivity contribution in [1.29, 1.82) is 0 Å². The van der Waals surface area contributed by atoms with Gasteiger partial charge in [-0.05, 0) is 44.9 Å². The van der Waals surface area contributed by atoms with Crippen LogP contribution in [-0.4, -0.2) is 98.7 Å². The van der Waals surface area contributed by atoms with Crippen molar-refractivity contribution in [2.24, 2.45) is 0 Å². The highest BCUT2D eigenvalue weighted by atomic mass is 16.7. The van der Waals surface area contributed by atoms with E-state index in [1.807, 2.05) is 12.2 Å². The number of ether oxygens (including phenoxy) is 2. The van der Waals surface area contributed by atoms with Gasteiger partial charge in [-0.3, -0.25) is 4.79 Å². The van der Waals surface area contributed by atoms with Gasteiger partial charge < -0.3 is 45.4 Å². The van der Waals surface area contributed by atoms with Crippen LogP contribution in [0, 0.1) is 0 Å². The number of nitrogens with one attached hydrogen (secondary N) is 1. The van der Waals surface area contributed by atoms with Gasteiger partial charge in [0, 0.05) is 6.42 Å². The van der Waals surface area contributed by atoms with E-state index < -0.39 is 61.5 Å². The molecule has 0 radical (unpaired) electrons. The lowest BCUT2D eigenvalue weighted by molar-refractivity contribution is -0.302. The Morgan fingerprint density at radius 2 is 1.29 bits per heavy atom. The number of carbonyl (C=O) groups excluding carboxylic acids is 1. The fraction of sp³-hybridized carbons (Fsp3) is 0.763. The molecule has 0 bridgehead atoms. The maximum absolute atomic E-state index is 12.9. The maximum atomic E-state index is 12.9. The van der Waals surface area contributed by atoms with Gasteiger partial charge in [-0.2, -0.15) is 0 Å². The van der Waals surface area contributed by atoms with Gasteiger partial charge >= 0.3 is 0 Å². The number of aliphatic hydroxyl groups is 6. The van der Waals surface area contributed by atoms with E-state index in [4.69, 9.17) is 9.47 Å². The molecule has 1 aliphatic rings. The first kappa shape index (κ1) is 44.1. The molecular weight excluding hydrogens is 614 g/mol. The highest BCUT2D eigenvalue weighted by Crippen LogP contribution is 2.22. The molecule has 1 heterocycles. The second kappa shape index (κ2) is 28.9. The van der Waals surface area contributed by atoms with Crippen molar-refractivity contribution in [3.63, 3.8) is 0 Å². The predicted molar refractivity (Wildman–Crippen MR) is 190 cm³/mol. The van der Waals surface area contributed by atoms with Crippen LogP contribution in [0.2, 0.25) is 0 Å². The maximum Gasteiger partial charge on any atom is 0.249 e. The minimum absolute atomic E-state index is 0.0915. The molecule has 8 atom stereocenters. The van der Waals surface area contributed by atoms with E-state index in [0.29, 0.717) is 12.8 Å². The summed E-state index contributed by atoms with van der Waals surface area (Å²) in [6.45, 7) is 3.46. The molecule has 1 rings (SSSR count). The van der Waals surface area contributed by atoms with E-state index in [9.17, 15) is 35.4 Å². The van der Waals surface area contributed by atoms with E-state index in [0.717, 1.165) is 19.3 Å². The largest absolute Gasteiger partial charge is 0.394 e. The summed E-state index contributed by atoms with van der Waals surface area (Å²) in [4.78, 5) is 12.9. The topological polar surface area (TPSA) is 169 Å². The van der Waals surface area contributed by atoms with Gasteiger partial charge in [-0.15, -0.1) is 0 Å². The smallest absolute Gasteiger partial charge is 0.249 e. The first-order chi connectivity index (χ1) is 23.3. The van der Waals surface area contributed by atoms with E-state index >= 15 is 0 Å². The summed E-state index contributed by atoms with van der Waals surface area (Å²) in [7, 11) is 0. The van der Waals surface area contributed by atoms with Crippen molar-refractivity contribution < 1.29 is 44.9 Å². The van der Waals surface area contributed by atoms with E-state index in [1.54, 1.807) is 12.2 Å². The Kier molecular flexibility index (Phi) is 26.6. The van der Waals surface area contributed by atoms with Crippen molar-refractivity contribution >= 4 is 5.91 Å². The predicted octanol–water partition coefficient (Wildman–Crippen LogP) is 4.91. The lowest BCUT2D eigenvalue weighted by Gasteiger charge is -2.40. The van der Waals surface area contributed by atoms with Gasteiger partial charge in [0.2, 0.25) is 5.91 Å². The van der Waals surface area contributed by atoms with Crippen molar-refractivity contribution in [2.75, 3.05) is 13.2 Å². The Bertz CT molecular complexity index is 907. The normalized spacial score (nSPS) is 23.9. The monoisotopic (exact) mass is 681 g/mol. The van der Waals surface area contributed by atoms with Gasteiger partial charge in [0.25, 0.3) is 0 Å². The fourth-order valence-electron chi connectivity index (χ4n) is 5.34. The molecule has 8 unspecified atom stereocenters. The Labute approximate surface area is 289 Å². The molecule has 0 aromatic carbocycles. The zero-order valence-corrected chi connectivity index (χ0v) is 29.6. The summed E-state index contributed by atoms with van der Waals surface area (Å²) in [6.07, 6.45) is 23.7. The zero-order valence-electron chi connectivity index (χ0n) is 29.6. The number of unbranched alkanes of at least 4 members (excludes halogenated alkanes) is 12. The summed E-state index contributed by atoms with van der Waals surface area (Å²) in [5, 5.41) is 64.0. The fourth-order valence-corrected chi connectivity index (χ4v) is 5.34. The minimum atomic E-state index is -1.62. The first-order valence-electron chi connectivity index (χ1n) is 18.5. The summed E-state index contributed by atoms with van der Waals surface area (Å²) < 4.78 is 11.0. The molecule has 10 nitrogen and oxygen atoms in total. The van der Waals surface area contributed by atoms with Crippen LogP contribution in [0.25, 0.3) is 0 Å². The van der Waals surface area contributed by atoms with E-state index in [-0.39, 0.29) is 13.0 Å². The third-order valence-corrected chi connectivity index (χ3v) is 8.49. The molecule has 278 valence electrons. The minimum Gasteiger partial charge on any atom is -0.394 e. The van der Waals surface area contributed by atoms with Crippen LogP contribution in [-0.2, 0) is 14.3 Å². The summed E-state index contributed by atoms with van der Waals surface area (Å²) in [5.74, 6) is -0.699. The highest BCUT2D eigenvalue weighted by Gasteiger charge is 2.44. The van der Waals surface area contributed by atoms with Crippen LogP contribution >= 0.6 is 0 Å². The van der Waals surface area contributed by atoms with Crippen molar-refractivity contribution in [2.45, 2.75) is 172 Å². The lowest BCUT2D eigenvalue weighted by Crippen LogP contribution is -2.60. The number of amides is 1. The Balaban J connectivity index is 2.64. The quantitative estimate of drug-likeness (QED) is 0.0448. The first-order valence-corrected chi connectivity index (χ1v) is 18.5. The van der Waals surface area contributed by atoms with Gasteiger partial charge in [-0.1, -0.05) is 120 Å². The molecule has 0 aromatic heterocycles. The van der Waals surface area contributed by atoms with E-state index in [1.165, 1.54) is 70.6 Å². The van der Waals surface area contributed by atoms with Gasteiger partial charge in [0.1, 0.15) is 30.5 Å². The second-order valence-corrected chi connectivity index (χ2v) is 12.8. The van der Waals surface area contributed by atoms with Gasteiger partial charge in [0.15, 0.2) is 6.29 Å². The summed E-state index contributed by atoms with van der Waals surface area (Å²) in [6, 6.07) is -1.02. The summed E-state index contributed by atoms with van der Waals surface area (Å²) >= 11 is 0. The highest BCUT2D eigenvalue weighted by molar-refractivity contribution is 5.81. The molecule has 10 heteroatoms. The summed E-state index contributed by atoms with van der Waals surface area (Å²) in [5.41, 5.74) is 0. The standard InChI is InChI=1S/C38H67NO9/c1-3-5-7-9-11-13-15-17-19-21-23-25-27-32(42)37(46)39-30(29-47-38-36(45)35(44)34(43)33(28-40)48-38)31(41)26-24-22-20-18-16-14-12-10-8-6-4-2/h16-19,23-26,30-36,38,40-45H,3-15,20-22,27-29H2,1-2H3,(H,39,46)/b18-16+,19-17-,25-23-,26-24+. The second-order valence-electron chi connectivity index (χ2n) is 12.8. The molecule has 1 saturated heterocycles. The molecule has 0 aliphatic carbocycles. The average Bonchev–Trinajstić information content (AvgIpc) is 3.08. The SMILES string of the molecule is CCCCCCC/C=C/CC/C=C/C(O)C(COC1OC(CO)C(O)C(O)C1O)NC(=O)C(O)C/C=C\C/C=C\CCCCCCCC. The Hall–Kier alpha value is -1.89. The molecule has 1 amide bonds. The van der Waals surface area contributed by atoms with Crippen LogP contribution in [0.3, 0.4) is 0 Å². The third kappa shape index (κ3) is 19.9.